The van der Waals surface area contributed by atoms with Gasteiger partial charge in [0.2, 0.25) is 0 Å². The lowest BCUT2D eigenvalue weighted by molar-refractivity contribution is 0.0953. The predicted molar refractivity (Wildman–Crippen MR) is 110 cm³/mol. The van der Waals surface area contributed by atoms with E-state index in [1.54, 1.807) is 32.4 Å². The topological polar surface area (TPSA) is 60.0 Å². The van der Waals surface area contributed by atoms with E-state index in [9.17, 15) is 4.79 Å². The fraction of sp³-hybridized carbons (Fsp3) is 0.409. The predicted octanol–water partition coefficient (Wildman–Crippen LogP) is 2.90. The highest BCUT2D eigenvalue weighted by molar-refractivity contribution is 5.94. The van der Waals surface area contributed by atoms with Gasteiger partial charge in [0.15, 0.2) is 11.5 Å². The highest BCUT2D eigenvalue weighted by Crippen LogP contribution is 2.27. The van der Waals surface area contributed by atoms with Crippen molar-refractivity contribution in [2.45, 2.75) is 12.8 Å². The molecule has 150 valence electrons. The molecule has 2 aromatic carbocycles. The molecule has 3 rings (SSSR count). The van der Waals surface area contributed by atoms with E-state index in [-0.39, 0.29) is 5.91 Å². The molecule has 1 saturated heterocycles. The van der Waals surface area contributed by atoms with Gasteiger partial charge in [0, 0.05) is 30.9 Å². The van der Waals surface area contributed by atoms with Crippen LogP contribution in [-0.4, -0.2) is 53.0 Å². The second-order valence-electron chi connectivity index (χ2n) is 6.70. The minimum absolute atomic E-state index is 0.108. The molecule has 0 spiro atoms. The molecule has 1 amide bonds. The molecule has 1 aliphatic heterocycles. The molecule has 6 heteroatoms. The minimum atomic E-state index is -0.108. The van der Waals surface area contributed by atoms with Gasteiger partial charge in [-0.15, -0.1) is 0 Å². The maximum atomic E-state index is 12.3. The average molecular weight is 384 g/mol. The number of nitrogens with one attached hydrogen (secondary N) is 1. The van der Waals surface area contributed by atoms with Crippen molar-refractivity contribution in [1.29, 1.82) is 0 Å². The molecule has 6 nitrogen and oxygen atoms in total. The number of carbonyl (C=O) groups is 1. The Morgan fingerprint density at radius 1 is 1.04 bits per heavy atom. The van der Waals surface area contributed by atoms with Crippen LogP contribution < -0.4 is 19.7 Å². The number of hydrogen-bond donors (Lipinski definition) is 1. The molecule has 0 bridgehead atoms. The fourth-order valence-electron chi connectivity index (χ4n) is 3.27. The van der Waals surface area contributed by atoms with Gasteiger partial charge < -0.3 is 24.4 Å². The Labute approximate surface area is 166 Å². The number of nitrogens with zero attached hydrogens (tertiary/aromatic N) is 1. The quantitative estimate of drug-likeness (QED) is 0.709. The molecule has 28 heavy (non-hydrogen) atoms. The lowest BCUT2D eigenvalue weighted by atomic mass is 10.1. The van der Waals surface area contributed by atoms with Crippen LogP contribution in [0, 0.1) is 0 Å². The van der Waals surface area contributed by atoms with Crippen molar-refractivity contribution >= 4 is 11.6 Å². The summed E-state index contributed by atoms with van der Waals surface area (Å²) < 4.78 is 15.8. The molecular weight excluding hydrogens is 356 g/mol. The molecule has 0 saturated carbocycles. The summed E-state index contributed by atoms with van der Waals surface area (Å²) >= 11 is 0. The van der Waals surface area contributed by atoms with E-state index in [1.807, 2.05) is 0 Å². The molecule has 1 heterocycles. The monoisotopic (exact) mass is 384 g/mol. The van der Waals surface area contributed by atoms with Crippen LogP contribution in [0.2, 0.25) is 0 Å². The Kier molecular flexibility index (Phi) is 7.14. The number of morpholine rings is 1. The molecule has 0 radical (unpaired) electrons. The van der Waals surface area contributed by atoms with Gasteiger partial charge in [-0.2, -0.15) is 0 Å². The summed E-state index contributed by atoms with van der Waals surface area (Å²) in [5.74, 6) is 1.05. The molecular formula is C22H28N2O4. The van der Waals surface area contributed by atoms with Crippen molar-refractivity contribution < 1.29 is 19.0 Å². The number of aryl methyl sites for hydroxylation is 1. The van der Waals surface area contributed by atoms with Crippen LogP contribution in [0.15, 0.2) is 42.5 Å². The summed E-state index contributed by atoms with van der Waals surface area (Å²) in [4.78, 5) is 14.7. The number of benzene rings is 2. The largest absolute Gasteiger partial charge is 0.493 e. The maximum Gasteiger partial charge on any atom is 0.251 e. The lowest BCUT2D eigenvalue weighted by Gasteiger charge is -2.28. The molecule has 0 aromatic heterocycles. The van der Waals surface area contributed by atoms with E-state index >= 15 is 0 Å². The van der Waals surface area contributed by atoms with Crippen molar-refractivity contribution in [3.05, 3.63) is 53.6 Å². The van der Waals surface area contributed by atoms with E-state index in [1.165, 1.54) is 11.3 Å². The third-order valence-corrected chi connectivity index (χ3v) is 4.89. The number of carbonyl (C=O) groups excluding carboxylic acids is 1. The normalized spacial score (nSPS) is 13.9. The van der Waals surface area contributed by atoms with E-state index in [0.717, 1.165) is 39.1 Å². The maximum absolute atomic E-state index is 12.3. The van der Waals surface area contributed by atoms with Crippen LogP contribution in [0.4, 0.5) is 5.69 Å². The Balaban J connectivity index is 1.44. The van der Waals surface area contributed by atoms with Gasteiger partial charge in [-0.05, 0) is 48.7 Å². The zero-order chi connectivity index (χ0) is 19.8. The first-order valence-corrected chi connectivity index (χ1v) is 9.63. The van der Waals surface area contributed by atoms with E-state index in [4.69, 9.17) is 14.2 Å². The minimum Gasteiger partial charge on any atom is -0.493 e. The van der Waals surface area contributed by atoms with Crippen LogP contribution in [-0.2, 0) is 11.2 Å². The van der Waals surface area contributed by atoms with Crippen molar-refractivity contribution in [1.82, 2.24) is 5.32 Å². The molecule has 0 unspecified atom stereocenters. The number of hydrogen-bond acceptors (Lipinski definition) is 5. The number of amides is 1. The van der Waals surface area contributed by atoms with Crippen molar-refractivity contribution in [3.63, 3.8) is 0 Å². The van der Waals surface area contributed by atoms with Gasteiger partial charge in [-0.3, -0.25) is 4.79 Å². The highest BCUT2D eigenvalue weighted by Gasteiger charge is 2.11. The second kappa shape index (κ2) is 9.99. The smallest absolute Gasteiger partial charge is 0.251 e. The SMILES string of the molecule is COc1ccc(C(=O)NCCCc2ccc(N3CCOCC3)cc2)cc1OC. The Bertz CT molecular complexity index is 771. The Morgan fingerprint density at radius 2 is 1.75 bits per heavy atom. The molecule has 1 N–H and O–H groups in total. The summed E-state index contributed by atoms with van der Waals surface area (Å²) in [5.41, 5.74) is 3.08. The Morgan fingerprint density at radius 3 is 2.43 bits per heavy atom. The van der Waals surface area contributed by atoms with E-state index in [2.05, 4.69) is 34.5 Å². The third-order valence-electron chi connectivity index (χ3n) is 4.89. The van der Waals surface area contributed by atoms with Gasteiger partial charge in [0.05, 0.1) is 27.4 Å². The molecule has 1 aliphatic rings. The van der Waals surface area contributed by atoms with Crippen molar-refractivity contribution in [3.8, 4) is 11.5 Å². The first kappa shape index (κ1) is 20.0. The van der Waals surface area contributed by atoms with Crippen LogP contribution in [0.5, 0.6) is 11.5 Å². The fourth-order valence-corrected chi connectivity index (χ4v) is 3.27. The van der Waals surface area contributed by atoms with Crippen LogP contribution in [0.3, 0.4) is 0 Å². The summed E-state index contributed by atoms with van der Waals surface area (Å²) in [7, 11) is 3.13. The third kappa shape index (κ3) is 5.16. The lowest BCUT2D eigenvalue weighted by Crippen LogP contribution is -2.36. The van der Waals surface area contributed by atoms with Gasteiger partial charge in [-0.25, -0.2) is 0 Å². The molecule has 2 aromatic rings. The zero-order valence-corrected chi connectivity index (χ0v) is 16.6. The van der Waals surface area contributed by atoms with Gasteiger partial charge in [0.25, 0.3) is 5.91 Å². The average Bonchev–Trinajstić information content (AvgIpc) is 2.77. The second-order valence-corrected chi connectivity index (χ2v) is 6.70. The van der Waals surface area contributed by atoms with Crippen molar-refractivity contribution in [2.75, 3.05) is 52.0 Å². The van der Waals surface area contributed by atoms with Gasteiger partial charge >= 0.3 is 0 Å². The van der Waals surface area contributed by atoms with E-state index in [0.29, 0.717) is 23.6 Å². The summed E-state index contributed by atoms with van der Waals surface area (Å²) in [6.45, 7) is 4.10. The van der Waals surface area contributed by atoms with Crippen LogP contribution in [0.1, 0.15) is 22.3 Å². The first-order chi connectivity index (χ1) is 13.7. The Hall–Kier alpha value is -2.73. The van der Waals surface area contributed by atoms with Crippen molar-refractivity contribution in [2.24, 2.45) is 0 Å². The van der Waals surface area contributed by atoms with Crippen LogP contribution in [0.25, 0.3) is 0 Å². The molecule has 1 fully saturated rings. The highest BCUT2D eigenvalue weighted by atomic mass is 16.5. The standard InChI is InChI=1S/C22H28N2O4/c1-26-20-10-7-18(16-21(20)27-2)22(25)23-11-3-4-17-5-8-19(9-6-17)24-12-14-28-15-13-24/h5-10,16H,3-4,11-15H2,1-2H3,(H,23,25). The summed E-state index contributed by atoms with van der Waals surface area (Å²) in [6.07, 6.45) is 1.81. The first-order valence-electron chi connectivity index (χ1n) is 9.63. The summed E-state index contributed by atoms with van der Waals surface area (Å²) in [5, 5.41) is 2.96. The zero-order valence-electron chi connectivity index (χ0n) is 16.6. The molecule has 0 atom stereocenters. The van der Waals surface area contributed by atoms with Gasteiger partial charge in [0.1, 0.15) is 0 Å². The number of ether oxygens (including phenoxy) is 3. The number of methoxy groups -OCH3 is 2. The molecule has 0 aliphatic carbocycles. The summed E-state index contributed by atoms with van der Waals surface area (Å²) in [6, 6.07) is 13.8. The number of rotatable bonds is 8. The van der Waals surface area contributed by atoms with Gasteiger partial charge in [-0.1, -0.05) is 12.1 Å². The van der Waals surface area contributed by atoms with E-state index < -0.39 is 0 Å². The van der Waals surface area contributed by atoms with Crippen LogP contribution >= 0.6 is 0 Å². The number of anilines is 1.